The van der Waals surface area contributed by atoms with Crippen LogP contribution < -0.4 is 0 Å². The fourth-order valence-electron chi connectivity index (χ4n) is 2.42. The predicted molar refractivity (Wildman–Crippen MR) is 117 cm³/mol. The van der Waals surface area contributed by atoms with Gasteiger partial charge in [-0.1, -0.05) is 87.9 Å². The molecule has 0 N–H and O–H groups in total. The second kappa shape index (κ2) is 12.3. The van der Waals surface area contributed by atoms with E-state index in [9.17, 15) is 0 Å². The van der Waals surface area contributed by atoms with E-state index >= 15 is 0 Å². The molecule has 0 nitrogen and oxygen atoms in total. The van der Waals surface area contributed by atoms with Crippen LogP contribution >= 0.6 is 0 Å². The highest BCUT2D eigenvalue weighted by molar-refractivity contribution is 5.73. The molecule has 0 fully saturated rings. The van der Waals surface area contributed by atoms with Crippen molar-refractivity contribution in [1.82, 2.24) is 0 Å². The average Bonchev–Trinajstić information content (AvgIpc) is 2.70. The van der Waals surface area contributed by atoms with Crippen LogP contribution in [-0.4, -0.2) is 0 Å². The minimum Gasteiger partial charge on any atom is -0.0732 e. The van der Waals surface area contributed by atoms with Crippen LogP contribution in [0.4, 0.5) is 0 Å². The molecule has 0 atom stereocenters. The fourth-order valence-corrected chi connectivity index (χ4v) is 2.42. The van der Waals surface area contributed by atoms with Crippen molar-refractivity contribution in [2.75, 3.05) is 0 Å². The number of hydrogen-bond donors (Lipinski definition) is 0. The Balaban J connectivity index is 0.00000134. The van der Waals surface area contributed by atoms with Gasteiger partial charge in [0.15, 0.2) is 0 Å². The Labute approximate surface area is 156 Å². The van der Waals surface area contributed by atoms with Gasteiger partial charge in [-0.3, -0.25) is 0 Å². The summed E-state index contributed by atoms with van der Waals surface area (Å²) < 4.78 is 0. The average molecular weight is 337 g/mol. The zero-order chi connectivity index (χ0) is 19.4. The van der Waals surface area contributed by atoms with Crippen LogP contribution in [0.3, 0.4) is 0 Å². The topological polar surface area (TPSA) is 0 Å². The SMILES string of the molecule is CC.CC.CC(C)=C(C)/C(C)=C(\C)c1ccc(-c2ccccc2)cc1. The van der Waals surface area contributed by atoms with E-state index in [1.807, 2.05) is 27.7 Å². The molecular formula is C25H36. The van der Waals surface area contributed by atoms with Gasteiger partial charge in [-0.05, 0) is 68.0 Å². The van der Waals surface area contributed by atoms with Crippen molar-refractivity contribution in [1.29, 1.82) is 0 Å². The molecule has 0 spiro atoms. The smallest absolute Gasteiger partial charge is 0.0184 e. The van der Waals surface area contributed by atoms with Crippen LogP contribution in [0.5, 0.6) is 0 Å². The largest absolute Gasteiger partial charge is 0.0732 e. The van der Waals surface area contributed by atoms with Crippen LogP contribution in [0.2, 0.25) is 0 Å². The van der Waals surface area contributed by atoms with Gasteiger partial charge in [-0.2, -0.15) is 0 Å². The molecule has 2 aromatic carbocycles. The Hall–Kier alpha value is -2.08. The molecule has 0 saturated carbocycles. The number of rotatable bonds is 3. The van der Waals surface area contributed by atoms with E-state index in [4.69, 9.17) is 0 Å². The van der Waals surface area contributed by atoms with Gasteiger partial charge in [-0.15, -0.1) is 0 Å². The molecule has 0 amide bonds. The lowest BCUT2D eigenvalue weighted by atomic mass is 9.94. The normalized spacial score (nSPS) is 10.4. The highest BCUT2D eigenvalue weighted by atomic mass is 14.1. The van der Waals surface area contributed by atoms with E-state index in [0.717, 1.165) is 0 Å². The van der Waals surface area contributed by atoms with Gasteiger partial charge in [0.25, 0.3) is 0 Å². The summed E-state index contributed by atoms with van der Waals surface area (Å²) in [6.07, 6.45) is 0. The molecule has 0 saturated heterocycles. The second-order valence-electron chi connectivity index (χ2n) is 5.82. The summed E-state index contributed by atoms with van der Waals surface area (Å²) in [6, 6.07) is 19.4. The van der Waals surface area contributed by atoms with E-state index in [-0.39, 0.29) is 0 Å². The molecule has 0 aliphatic carbocycles. The molecule has 0 heterocycles. The van der Waals surface area contributed by atoms with E-state index < -0.39 is 0 Å². The molecule has 136 valence electrons. The van der Waals surface area contributed by atoms with Gasteiger partial charge in [0.2, 0.25) is 0 Å². The van der Waals surface area contributed by atoms with Gasteiger partial charge in [0.05, 0.1) is 0 Å². The van der Waals surface area contributed by atoms with E-state index in [1.54, 1.807) is 0 Å². The monoisotopic (exact) mass is 336 g/mol. The van der Waals surface area contributed by atoms with Gasteiger partial charge >= 0.3 is 0 Å². The quantitative estimate of drug-likeness (QED) is 0.492. The van der Waals surface area contributed by atoms with Crippen LogP contribution in [0.1, 0.15) is 67.9 Å². The maximum Gasteiger partial charge on any atom is -0.0184 e. The van der Waals surface area contributed by atoms with Crippen molar-refractivity contribution in [2.45, 2.75) is 62.3 Å². The zero-order valence-electron chi connectivity index (χ0n) is 17.7. The van der Waals surface area contributed by atoms with Crippen molar-refractivity contribution < 1.29 is 0 Å². The summed E-state index contributed by atoms with van der Waals surface area (Å²) in [5.41, 5.74) is 9.34. The van der Waals surface area contributed by atoms with Gasteiger partial charge in [0.1, 0.15) is 0 Å². The number of benzene rings is 2. The van der Waals surface area contributed by atoms with Crippen LogP contribution in [0.25, 0.3) is 16.7 Å². The molecule has 0 aliphatic rings. The molecule has 2 rings (SSSR count). The van der Waals surface area contributed by atoms with Gasteiger partial charge in [0, 0.05) is 0 Å². The minimum absolute atomic E-state index is 1.27. The fraction of sp³-hybridized carbons (Fsp3) is 0.360. The molecule has 0 bridgehead atoms. The van der Waals surface area contributed by atoms with Crippen molar-refractivity contribution in [3.05, 3.63) is 76.9 Å². The van der Waals surface area contributed by atoms with E-state index in [2.05, 4.69) is 89.2 Å². The maximum atomic E-state index is 2.22. The lowest BCUT2D eigenvalue weighted by molar-refractivity contribution is 1.22. The second-order valence-corrected chi connectivity index (χ2v) is 5.82. The standard InChI is InChI=1S/C21H24.2C2H6/c1-15(2)16(3)17(4)18(5)19-11-13-21(14-12-19)20-9-7-6-8-10-20;2*1-2/h6-14H,1-5H3;2*1-2H3/b18-17+;;. The predicted octanol–water partition coefficient (Wildman–Crippen LogP) is 8.56. The Morgan fingerprint density at radius 2 is 0.960 bits per heavy atom. The highest BCUT2D eigenvalue weighted by Gasteiger charge is 2.04. The Morgan fingerprint density at radius 3 is 1.40 bits per heavy atom. The third-order valence-corrected chi connectivity index (χ3v) is 4.30. The van der Waals surface area contributed by atoms with Gasteiger partial charge in [-0.25, -0.2) is 0 Å². The van der Waals surface area contributed by atoms with Crippen LogP contribution in [0, 0.1) is 0 Å². The first-order chi connectivity index (χ1) is 12.0. The van der Waals surface area contributed by atoms with Crippen molar-refractivity contribution in [2.24, 2.45) is 0 Å². The van der Waals surface area contributed by atoms with Gasteiger partial charge < -0.3 is 0 Å². The van der Waals surface area contributed by atoms with Crippen LogP contribution in [-0.2, 0) is 0 Å². The van der Waals surface area contributed by atoms with Crippen molar-refractivity contribution in [3.8, 4) is 11.1 Å². The molecular weight excluding hydrogens is 300 g/mol. The molecule has 2 aromatic rings. The Morgan fingerprint density at radius 1 is 0.520 bits per heavy atom. The summed E-state index contributed by atoms with van der Waals surface area (Å²) in [6.45, 7) is 19.0. The molecule has 0 unspecified atom stereocenters. The Bertz CT molecular complexity index is 664. The lowest BCUT2D eigenvalue weighted by Crippen LogP contribution is -1.89. The highest BCUT2D eigenvalue weighted by Crippen LogP contribution is 2.27. The third-order valence-electron chi connectivity index (χ3n) is 4.30. The summed E-state index contributed by atoms with van der Waals surface area (Å²) in [5.74, 6) is 0. The van der Waals surface area contributed by atoms with Crippen molar-refractivity contribution in [3.63, 3.8) is 0 Å². The summed E-state index contributed by atoms with van der Waals surface area (Å²) in [7, 11) is 0. The van der Waals surface area contributed by atoms with E-state index in [0.29, 0.717) is 0 Å². The first-order valence-corrected chi connectivity index (χ1v) is 9.48. The molecule has 25 heavy (non-hydrogen) atoms. The maximum absolute atomic E-state index is 2.22. The van der Waals surface area contributed by atoms with Crippen molar-refractivity contribution >= 4 is 5.57 Å². The molecule has 0 heteroatoms. The summed E-state index contributed by atoms with van der Waals surface area (Å²) in [4.78, 5) is 0. The third kappa shape index (κ3) is 6.74. The summed E-state index contributed by atoms with van der Waals surface area (Å²) in [5, 5.41) is 0. The lowest BCUT2D eigenvalue weighted by Gasteiger charge is -2.11. The van der Waals surface area contributed by atoms with E-state index in [1.165, 1.54) is 39.0 Å². The zero-order valence-corrected chi connectivity index (χ0v) is 17.7. The molecule has 0 aliphatic heterocycles. The minimum atomic E-state index is 1.27. The first-order valence-electron chi connectivity index (χ1n) is 9.48. The number of allylic oxidation sites excluding steroid dienone is 4. The first kappa shape index (κ1) is 22.9. The van der Waals surface area contributed by atoms with Crippen LogP contribution in [0.15, 0.2) is 71.3 Å². The molecule has 0 radical (unpaired) electrons. The molecule has 0 aromatic heterocycles. The Kier molecular flexibility index (Phi) is 11.3. The summed E-state index contributed by atoms with van der Waals surface area (Å²) >= 11 is 0. The number of hydrogen-bond acceptors (Lipinski definition) is 0.